The summed E-state index contributed by atoms with van der Waals surface area (Å²) in [4.78, 5) is 7.28. The maximum absolute atomic E-state index is 6.52. The van der Waals surface area contributed by atoms with E-state index in [1.165, 1.54) is 22.3 Å². The molecule has 0 aliphatic rings. The number of para-hydroxylation sites is 1. The summed E-state index contributed by atoms with van der Waals surface area (Å²) >= 11 is 1.72. The van der Waals surface area contributed by atoms with Crippen LogP contribution in [0.4, 0.5) is 17.1 Å². The molecule has 0 fully saturated rings. The number of benzene rings is 7. The van der Waals surface area contributed by atoms with E-state index in [0.717, 1.165) is 59.8 Å². The van der Waals surface area contributed by atoms with Crippen LogP contribution in [0.15, 0.2) is 174 Å². The van der Waals surface area contributed by atoms with Crippen molar-refractivity contribution in [3.63, 3.8) is 0 Å². The molecular weight excluding hydrogens is 593 g/mol. The molecular formula is C43H28N2OS. The summed E-state index contributed by atoms with van der Waals surface area (Å²) in [7, 11) is 0. The highest BCUT2D eigenvalue weighted by molar-refractivity contribution is 7.21. The Kier molecular flexibility index (Phi) is 6.65. The van der Waals surface area contributed by atoms with Crippen molar-refractivity contribution in [2.45, 2.75) is 0 Å². The van der Waals surface area contributed by atoms with Crippen LogP contribution in [-0.2, 0) is 0 Å². The standard InChI is InChI=1S/C43H28N2OS/c1-4-10-29(11-5-1)31-16-18-33(19-17-31)43-44-39-28-41-38(27-42(39)47-43)37-25-24-36(26-40(37)46-41)45(34-14-8-3-9-15-34)35-22-20-32(21-23-35)30-12-6-2-7-13-30/h1-28H. The Morgan fingerprint density at radius 3 is 1.60 bits per heavy atom. The van der Waals surface area contributed by atoms with Gasteiger partial charge in [0.05, 0.1) is 10.2 Å². The van der Waals surface area contributed by atoms with Gasteiger partial charge in [-0.3, -0.25) is 0 Å². The Hall–Kier alpha value is -5.97. The van der Waals surface area contributed by atoms with Gasteiger partial charge in [-0.15, -0.1) is 11.3 Å². The number of nitrogens with zero attached hydrogens (tertiary/aromatic N) is 2. The lowest BCUT2D eigenvalue weighted by molar-refractivity contribution is 0.669. The Morgan fingerprint density at radius 2 is 0.936 bits per heavy atom. The van der Waals surface area contributed by atoms with Gasteiger partial charge >= 0.3 is 0 Å². The number of furan rings is 1. The van der Waals surface area contributed by atoms with Crippen molar-refractivity contribution in [1.29, 1.82) is 0 Å². The SMILES string of the molecule is c1ccc(-c2ccc(-c3nc4cc5oc6cc(N(c7ccccc7)c7ccc(-c8ccccc8)cc7)ccc6c5cc4s3)cc2)cc1. The van der Waals surface area contributed by atoms with Crippen molar-refractivity contribution >= 4 is 60.6 Å². The van der Waals surface area contributed by atoms with E-state index in [2.05, 4.69) is 157 Å². The van der Waals surface area contributed by atoms with Crippen molar-refractivity contribution in [3.8, 4) is 32.8 Å². The minimum atomic E-state index is 0.847. The third-order valence-corrected chi connectivity index (χ3v) is 9.78. The summed E-state index contributed by atoms with van der Waals surface area (Å²) in [6, 6.07) is 59.7. The minimum absolute atomic E-state index is 0.847. The van der Waals surface area contributed by atoms with Crippen LogP contribution >= 0.6 is 11.3 Å². The van der Waals surface area contributed by atoms with E-state index in [1.807, 2.05) is 18.2 Å². The van der Waals surface area contributed by atoms with Gasteiger partial charge in [0.15, 0.2) is 0 Å². The molecule has 0 amide bonds. The van der Waals surface area contributed by atoms with E-state index in [9.17, 15) is 0 Å². The van der Waals surface area contributed by atoms with Crippen LogP contribution in [-0.4, -0.2) is 4.98 Å². The van der Waals surface area contributed by atoms with Gasteiger partial charge in [-0.2, -0.15) is 0 Å². The van der Waals surface area contributed by atoms with Gasteiger partial charge in [0.1, 0.15) is 16.2 Å². The topological polar surface area (TPSA) is 29.3 Å². The summed E-state index contributed by atoms with van der Waals surface area (Å²) in [5.41, 5.74) is 11.8. The number of aromatic nitrogens is 1. The first-order valence-corrected chi connectivity index (χ1v) is 16.5. The predicted molar refractivity (Wildman–Crippen MR) is 198 cm³/mol. The highest BCUT2D eigenvalue weighted by Crippen LogP contribution is 2.41. The number of hydrogen-bond acceptors (Lipinski definition) is 4. The number of fused-ring (bicyclic) bond motifs is 4. The molecule has 9 rings (SSSR count). The minimum Gasteiger partial charge on any atom is -0.456 e. The molecule has 2 heterocycles. The second-order valence-electron chi connectivity index (χ2n) is 11.6. The second kappa shape index (κ2) is 11.4. The van der Waals surface area contributed by atoms with E-state index >= 15 is 0 Å². The van der Waals surface area contributed by atoms with Crippen molar-refractivity contribution < 1.29 is 4.42 Å². The first kappa shape index (κ1) is 27.3. The number of anilines is 3. The van der Waals surface area contributed by atoms with Crippen LogP contribution in [0, 0.1) is 0 Å². The molecule has 0 spiro atoms. The zero-order chi connectivity index (χ0) is 31.2. The lowest BCUT2D eigenvalue weighted by Gasteiger charge is -2.25. The van der Waals surface area contributed by atoms with Crippen molar-refractivity contribution in [1.82, 2.24) is 4.98 Å². The van der Waals surface area contributed by atoms with E-state index in [0.29, 0.717) is 0 Å². The second-order valence-corrected chi connectivity index (χ2v) is 12.7. The summed E-state index contributed by atoms with van der Waals surface area (Å²) in [6.45, 7) is 0. The summed E-state index contributed by atoms with van der Waals surface area (Å²) < 4.78 is 7.67. The van der Waals surface area contributed by atoms with Gasteiger partial charge < -0.3 is 9.32 Å². The quantitative estimate of drug-likeness (QED) is 0.185. The Labute approximate surface area is 276 Å². The van der Waals surface area contributed by atoms with Crippen LogP contribution in [0.5, 0.6) is 0 Å². The van der Waals surface area contributed by atoms with Gasteiger partial charge in [-0.25, -0.2) is 4.98 Å². The zero-order valence-electron chi connectivity index (χ0n) is 25.4. The number of hydrogen-bond donors (Lipinski definition) is 0. The largest absolute Gasteiger partial charge is 0.456 e. The van der Waals surface area contributed by atoms with E-state index < -0.39 is 0 Å². The molecule has 2 aromatic heterocycles. The molecule has 0 radical (unpaired) electrons. The van der Waals surface area contributed by atoms with Gasteiger partial charge in [0.2, 0.25) is 0 Å². The lowest BCUT2D eigenvalue weighted by Crippen LogP contribution is -2.09. The molecule has 0 aliphatic heterocycles. The molecule has 0 atom stereocenters. The zero-order valence-corrected chi connectivity index (χ0v) is 26.2. The maximum Gasteiger partial charge on any atom is 0.137 e. The fourth-order valence-electron chi connectivity index (χ4n) is 6.34. The fourth-order valence-corrected chi connectivity index (χ4v) is 7.33. The summed E-state index contributed by atoms with van der Waals surface area (Å²) in [6.07, 6.45) is 0. The molecule has 222 valence electrons. The van der Waals surface area contributed by atoms with Crippen molar-refractivity contribution in [2.75, 3.05) is 4.90 Å². The Morgan fingerprint density at radius 1 is 0.426 bits per heavy atom. The predicted octanol–water partition coefficient (Wildman–Crippen LogP) is 12.7. The average molecular weight is 621 g/mol. The monoisotopic (exact) mass is 620 g/mol. The van der Waals surface area contributed by atoms with Crippen molar-refractivity contribution in [3.05, 3.63) is 170 Å². The molecule has 7 aromatic carbocycles. The number of thiazole rings is 1. The van der Waals surface area contributed by atoms with Gasteiger partial charge in [-0.05, 0) is 64.7 Å². The molecule has 4 heteroatoms. The third kappa shape index (κ3) is 5.05. The van der Waals surface area contributed by atoms with Crippen LogP contribution in [0.25, 0.3) is 65.0 Å². The van der Waals surface area contributed by atoms with E-state index in [4.69, 9.17) is 9.40 Å². The Balaban J connectivity index is 1.07. The van der Waals surface area contributed by atoms with Gasteiger partial charge in [0, 0.05) is 45.5 Å². The van der Waals surface area contributed by atoms with Crippen LogP contribution < -0.4 is 4.90 Å². The first-order chi connectivity index (χ1) is 23.3. The maximum atomic E-state index is 6.52. The third-order valence-electron chi connectivity index (χ3n) is 8.71. The molecule has 0 aliphatic carbocycles. The molecule has 0 N–H and O–H groups in total. The normalized spacial score (nSPS) is 11.4. The fraction of sp³-hybridized carbons (Fsp3) is 0. The van der Waals surface area contributed by atoms with Gasteiger partial charge in [0.25, 0.3) is 0 Å². The van der Waals surface area contributed by atoms with Crippen LogP contribution in [0.3, 0.4) is 0 Å². The van der Waals surface area contributed by atoms with E-state index in [1.54, 1.807) is 11.3 Å². The average Bonchev–Trinajstić information content (AvgIpc) is 3.72. The van der Waals surface area contributed by atoms with Crippen molar-refractivity contribution in [2.24, 2.45) is 0 Å². The molecule has 0 saturated heterocycles. The molecule has 9 aromatic rings. The first-order valence-electron chi connectivity index (χ1n) is 15.7. The molecule has 47 heavy (non-hydrogen) atoms. The smallest absolute Gasteiger partial charge is 0.137 e. The molecule has 0 bridgehead atoms. The molecule has 3 nitrogen and oxygen atoms in total. The van der Waals surface area contributed by atoms with Crippen LogP contribution in [0.2, 0.25) is 0 Å². The van der Waals surface area contributed by atoms with E-state index in [-0.39, 0.29) is 0 Å². The molecule has 0 unspecified atom stereocenters. The summed E-state index contributed by atoms with van der Waals surface area (Å²) in [5.74, 6) is 0. The highest BCUT2D eigenvalue weighted by atomic mass is 32.1. The molecule has 0 saturated carbocycles. The van der Waals surface area contributed by atoms with Gasteiger partial charge in [-0.1, -0.05) is 115 Å². The summed E-state index contributed by atoms with van der Waals surface area (Å²) in [5, 5.41) is 3.21. The lowest BCUT2D eigenvalue weighted by atomic mass is 10.0. The Bertz CT molecular complexity index is 2480. The van der Waals surface area contributed by atoms with Crippen LogP contribution in [0.1, 0.15) is 0 Å². The number of rotatable bonds is 6. The highest BCUT2D eigenvalue weighted by Gasteiger charge is 2.17.